The number of carbonyl (C=O) groups is 1. The highest BCUT2D eigenvalue weighted by Gasteiger charge is 2.14. The number of hydrogen-bond donors (Lipinski definition) is 0. The molecule has 0 amide bonds. The van der Waals surface area contributed by atoms with Gasteiger partial charge >= 0.3 is 5.97 Å². The second-order valence-electron chi connectivity index (χ2n) is 5.03. The number of pyridine rings is 1. The Hall–Kier alpha value is -2.75. The molecule has 3 rings (SSSR count). The molecular weight excluding hydrogens is 276 g/mol. The molecule has 22 heavy (non-hydrogen) atoms. The lowest BCUT2D eigenvalue weighted by atomic mass is 9.96. The lowest BCUT2D eigenvalue weighted by Crippen LogP contribution is -2.03. The lowest BCUT2D eigenvalue weighted by Gasteiger charge is -2.16. The third kappa shape index (κ3) is 2.96. The molecule has 0 spiro atoms. The zero-order valence-electron chi connectivity index (χ0n) is 12.3. The highest BCUT2D eigenvalue weighted by molar-refractivity contribution is 5.89. The third-order valence-corrected chi connectivity index (χ3v) is 3.64. The van der Waals surface area contributed by atoms with E-state index in [2.05, 4.69) is 22.1 Å². The van der Waals surface area contributed by atoms with Crippen molar-refractivity contribution in [2.75, 3.05) is 7.11 Å². The molecule has 1 aliphatic heterocycles. The van der Waals surface area contributed by atoms with Gasteiger partial charge in [-0.3, -0.25) is 9.98 Å². The van der Waals surface area contributed by atoms with Crippen molar-refractivity contribution in [3.63, 3.8) is 0 Å². The van der Waals surface area contributed by atoms with E-state index in [4.69, 9.17) is 4.74 Å². The van der Waals surface area contributed by atoms with Crippen LogP contribution in [0.2, 0.25) is 0 Å². The summed E-state index contributed by atoms with van der Waals surface area (Å²) in [4.78, 5) is 20.2. The van der Waals surface area contributed by atoms with Crippen molar-refractivity contribution in [1.82, 2.24) is 4.98 Å². The van der Waals surface area contributed by atoms with Crippen LogP contribution in [0, 0.1) is 0 Å². The maximum absolute atomic E-state index is 11.5. The monoisotopic (exact) mass is 292 g/mol. The standard InChI is InChI=1S/C18H16N2O2/c1-22-18(21)14-6-4-13(5-7-14)17-11-15(8-10-20-17)16-3-2-9-19-12-16/h2-7,9-12,17H,8H2,1H3/t17-/m0/s1. The Balaban J connectivity index is 1.85. The summed E-state index contributed by atoms with van der Waals surface area (Å²) >= 11 is 0. The van der Waals surface area contributed by atoms with Gasteiger partial charge in [-0.2, -0.15) is 0 Å². The van der Waals surface area contributed by atoms with Gasteiger partial charge in [0.1, 0.15) is 0 Å². The van der Waals surface area contributed by atoms with E-state index in [9.17, 15) is 4.79 Å². The maximum atomic E-state index is 11.5. The van der Waals surface area contributed by atoms with Gasteiger partial charge in [0.05, 0.1) is 18.7 Å². The average molecular weight is 292 g/mol. The van der Waals surface area contributed by atoms with Crippen molar-refractivity contribution < 1.29 is 9.53 Å². The van der Waals surface area contributed by atoms with E-state index in [0.29, 0.717) is 5.56 Å². The van der Waals surface area contributed by atoms with E-state index in [1.54, 1.807) is 18.3 Å². The van der Waals surface area contributed by atoms with Crippen LogP contribution in [0.15, 0.2) is 59.9 Å². The molecule has 0 saturated heterocycles. The number of aromatic nitrogens is 1. The highest BCUT2D eigenvalue weighted by Crippen LogP contribution is 2.29. The molecule has 4 nitrogen and oxygen atoms in total. The average Bonchev–Trinajstić information content (AvgIpc) is 2.62. The van der Waals surface area contributed by atoms with Gasteiger partial charge in [-0.1, -0.05) is 24.3 Å². The fraction of sp³-hybridized carbons (Fsp3) is 0.167. The summed E-state index contributed by atoms with van der Waals surface area (Å²) in [6, 6.07) is 11.3. The fourth-order valence-electron chi connectivity index (χ4n) is 2.45. The SMILES string of the molecule is COC(=O)c1ccc([C@@H]2C=C(c3cccnc3)CC=N2)cc1. The van der Waals surface area contributed by atoms with Crippen LogP contribution >= 0.6 is 0 Å². The minimum absolute atomic E-state index is 0.0318. The van der Waals surface area contributed by atoms with Gasteiger partial charge in [-0.25, -0.2) is 4.79 Å². The lowest BCUT2D eigenvalue weighted by molar-refractivity contribution is 0.0600. The molecule has 1 aliphatic rings. The topological polar surface area (TPSA) is 51.5 Å². The summed E-state index contributed by atoms with van der Waals surface area (Å²) in [6.45, 7) is 0. The minimum Gasteiger partial charge on any atom is -0.465 e. The first-order chi connectivity index (χ1) is 10.8. The van der Waals surface area contributed by atoms with Crippen LogP contribution in [0.1, 0.15) is 33.9 Å². The van der Waals surface area contributed by atoms with Crippen LogP contribution < -0.4 is 0 Å². The third-order valence-electron chi connectivity index (χ3n) is 3.64. The predicted molar refractivity (Wildman–Crippen MR) is 85.8 cm³/mol. The molecule has 2 heterocycles. The number of esters is 1. The van der Waals surface area contributed by atoms with Crippen LogP contribution in [-0.2, 0) is 4.74 Å². The zero-order chi connectivity index (χ0) is 15.4. The smallest absolute Gasteiger partial charge is 0.337 e. The Morgan fingerprint density at radius 3 is 2.73 bits per heavy atom. The molecule has 1 aromatic carbocycles. The predicted octanol–water partition coefficient (Wildman–Crippen LogP) is 3.47. The van der Waals surface area contributed by atoms with E-state index >= 15 is 0 Å². The number of dihydropyridines is 1. The molecular formula is C18H16N2O2. The van der Waals surface area contributed by atoms with E-state index < -0.39 is 0 Å². The number of nitrogens with zero attached hydrogens (tertiary/aromatic N) is 2. The Kier molecular flexibility index (Phi) is 4.10. The second kappa shape index (κ2) is 6.35. The number of carbonyl (C=O) groups excluding carboxylic acids is 1. The summed E-state index contributed by atoms with van der Waals surface area (Å²) in [7, 11) is 1.38. The van der Waals surface area contributed by atoms with E-state index in [1.165, 1.54) is 12.7 Å². The molecule has 4 heteroatoms. The van der Waals surface area contributed by atoms with E-state index in [1.807, 2.05) is 30.6 Å². The van der Waals surface area contributed by atoms with Gasteiger partial charge in [0.25, 0.3) is 0 Å². The molecule has 0 aliphatic carbocycles. The van der Waals surface area contributed by atoms with Crippen LogP contribution in [0.3, 0.4) is 0 Å². The van der Waals surface area contributed by atoms with Crippen LogP contribution in [0.5, 0.6) is 0 Å². The molecule has 0 N–H and O–H groups in total. The number of ether oxygens (including phenoxy) is 1. The summed E-state index contributed by atoms with van der Waals surface area (Å²) in [6.07, 6.45) is 8.51. The molecule has 110 valence electrons. The van der Waals surface area contributed by atoms with Crippen LogP contribution in [0.25, 0.3) is 5.57 Å². The van der Waals surface area contributed by atoms with Crippen molar-refractivity contribution >= 4 is 17.8 Å². The number of rotatable bonds is 3. The van der Waals surface area contributed by atoms with Gasteiger partial charge < -0.3 is 4.74 Å². The summed E-state index contributed by atoms with van der Waals surface area (Å²) in [5.41, 5.74) is 3.92. The first-order valence-corrected chi connectivity index (χ1v) is 7.09. The largest absolute Gasteiger partial charge is 0.465 e. The number of aliphatic imine (C=N–C) groups is 1. The summed E-state index contributed by atoms with van der Waals surface area (Å²) in [5.74, 6) is -0.328. The number of methoxy groups -OCH3 is 1. The van der Waals surface area contributed by atoms with Crippen molar-refractivity contribution in [1.29, 1.82) is 0 Å². The Morgan fingerprint density at radius 1 is 1.23 bits per heavy atom. The van der Waals surface area contributed by atoms with Crippen molar-refractivity contribution in [2.45, 2.75) is 12.5 Å². The van der Waals surface area contributed by atoms with Crippen LogP contribution in [-0.4, -0.2) is 24.3 Å². The van der Waals surface area contributed by atoms with Crippen molar-refractivity contribution in [3.8, 4) is 0 Å². The molecule has 1 atom stereocenters. The maximum Gasteiger partial charge on any atom is 0.337 e. The first kappa shape index (κ1) is 14.2. The first-order valence-electron chi connectivity index (χ1n) is 7.09. The summed E-state index contributed by atoms with van der Waals surface area (Å²) < 4.78 is 4.71. The Bertz CT molecular complexity index is 719. The molecule has 0 bridgehead atoms. The van der Waals surface area contributed by atoms with Crippen molar-refractivity contribution in [3.05, 3.63) is 71.6 Å². The molecule has 0 unspecified atom stereocenters. The van der Waals surface area contributed by atoms with Crippen LogP contribution in [0.4, 0.5) is 0 Å². The van der Waals surface area contributed by atoms with Gasteiger partial charge in [0.2, 0.25) is 0 Å². The molecule has 0 radical (unpaired) electrons. The number of benzene rings is 1. The quantitative estimate of drug-likeness (QED) is 0.814. The van der Waals surface area contributed by atoms with Gasteiger partial charge in [-0.05, 0) is 34.9 Å². The summed E-state index contributed by atoms with van der Waals surface area (Å²) in [5, 5.41) is 0. The molecule has 2 aromatic rings. The zero-order valence-corrected chi connectivity index (χ0v) is 12.3. The number of allylic oxidation sites excluding steroid dienone is 1. The van der Waals surface area contributed by atoms with Gasteiger partial charge in [0, 0.05) is 25.0 Å². The fourth-order valence-corrected chi connectivity index (χ4v) is 2.45. The molecule has 0 fully saturated rings. The Labute approximate surface area is 129 Å². The Morgan fingerprint density at radius 2 is 2.05 bits per heavy atom. The van der Waals surface area contributed by atoms with Crippen molar-refractivity contribution in [2.24, 2.45) is 4.99 Å². The second-order valence-corrected chi connectivity index (χ2v) is 5.03. The molecule has 0 saturated carbocycles. The van der Waals surface area contributed by atoms with E-state index in [0.717, 1.165) is 17.5 Å². The highest BCUT2D eigenvalue weighted by atomic mass is 16.5. The number of hydrogen-bond acceptors (Lipinski definition) is 4. The normalized spacial score (nSPS) is 17.0. The van der Waals surface area contributed by atoms with Gasteiger partial charge in [-0.15, -0.1) is 0 Å². The van der Waals surface area contributed by atoms with Gasteiger partial charge in [0.15, 0.2) is 0 Å². The van der Waals surface area contributed by atoms with E-state index in [-0.39, 0.29) is 12.0 Å². The molecule has 1 aromatic heterocycles. The minimum atomic E-state index is -0.328.